The van der Waals surface area contributed by atoms with E-state index in [1.165, 1.54) is 5.41 Å². The van der Waals surface area contributed by atoms with Gasteiger partial charge >= 0.3 is 0 Å². The molecule has 0 aliphatic carbocycles. The molecule has 1 amide bonds. The van der Waals surface area contributed by atoms with Crippen LogP contribution in [0, 0.1) is 6.92 Å². The summed E-state index contributed by atoms with van der Waals surface area (Å²) in [6.07, 6.45) is 3.07. The fourth-order valence-electron chi connectivity index (χ4n) is 3.14. The quantitative estimate of drug-likeness (QED) is 0.861. The molecule has 1 heterocycles. The van der Waals surface area contributed by atoms with Gasteiger partial charge in [-0.25, -0.2) is 13.1 Å². The van der Waals surface area contributed by atoms with Gasteiger partial charge in [0.1, 0.15) is 0 Å². The number of carbonyl (C=O) groups is 1. The van der Waals surface area contributed by atoms with Gasteiger partial charge in [-0.2, -0.15) is 0 Å². The fraction of sp³-hybridized carbons (Fsp3) is 0.286. The first-order valence-electron chi connectivity index (χ1n) is 9.04. The molecule has 1 aliphatic rings. The normalized spacial score (nSPS) is 18.0. The van der Waals surface area contributed by atoms with Gasteiger partial charge in [0.05, 0.1) is 0 Å². The molecule has 27 heavy (non-hydrogen) atoms. The maximum absolute atomic E-state index is 12.6. The van der Waals surface area contributed by atoms with E-state index in [-0.39, 0.29) is 11.9 Å². The number of hydrogen-bond donors (Lipinski definition) is 1. The molecular weight excluding hydrogens is 360 g/mol. The number of nitrogens with one attached hydrogen (secondary N) is 1. The van der Waals surface area contributed by atoms with Crippen molar-refractivity contribution in [1.29, 1.82) is 0 Å². The molecule has 2 aromatic rings. The van der Waals surface area contributed by atoms with Crippen LogP contribution in [0.3, 0.4) is 0 Å². The van der Waals surface area contributed by atoms with Gasteiger partial charge in [0.15, 0.2) is 0 Å². The van der Waals surface area contributed by atoms with Crippen LogP contribution in [0.4, 0.5) is 0 Å². The first-order valence-corrected chi connectivity index (χ1v) is 10.6. The summed E-state index contributed by atoms with van der Waals surface area (Å²) in [6, 6.07) is 16.4. The van der Waals surface area contributed by atoms with E-state index in [0.717, 1.165) is 24.0 Å². The lowest BCUT2D eigenvalue weighted by molar-refractivity contribution is 0.0703. The van der Waals surface area contributed by atoms with E-state index in [1.807, 2.05) is 49.4 Å². The van der Waals surface area contributed by atoms with Crippen molar-refractivity contribution in [2.24, 2.45) is 0 Å². The van der Waals surface area contributed by atoms with Crippen LogP contribution in [0.2, 0.25) is 0 Å². The highest BCUT2D eigenvalue weighted by Crippen LogP contribution is 2.15. The number of aryl methyl sites for hydroxylation is 1. The number of benzene rings is 2. The largest absolute Gasteiger partial charge is 0.337 e. The van der Waals surface area contributed by atoms with Crippen molar-refractivity contribution >= 4 is 22.0 Å². The second-order valence-corrected chi connectivity index (χ2v) is 8.43. The third-order valence-electron chi connectivity index (χ3n) is 4.58. The average Bonchev–Trinajstić information content (AvgIpc) is 2.67. The molecule has 0 aromatic heterocycles. The zero-order valence-corrected chi connectivity index (χ0v) is 16.2. The lowest BCUT2D eigenvalue weighted by Gasteiger charge is -2.32. The minimum Gasteiger partial charge on any atom is -0.337 e. The molecule has 0 radical (unpaired) electrons. The maximum Gasteiger partial charge on any atom is 0.253 e. The van der Waals surface area contributed by atoms with E-state index < -0.39 is 10.0 Å². The number of rotatable bonds is 5. The molecule has 1 saturated heterocycles. The van der Waals surface area contributed by atoms with Crippen molar-refractivity contribution in [3.05, 3.63) is 76.7 Å². The number of amides is 1. The number of piperidine rings is 1. The average molecular weight is 385 g/mol. The van der Waals surface area contributed by atoms with Crippen molar-refractivity contribution in [3.8, 4) is 0 Å². The summed E-state index contributed by atoms with van der Waals surface area (Å²) >= 11 is 0. The molecule has 2 aromatic carbocycles. The van der Waals surface area contributed by atoms with Crippen LogP contribution in [-0.2, 0) is 10.0 Å². The summed E-state index contributed by atoms with van der Waals surface area (Å²) in [5.41, 5.74) is 2.58. The molecule has 142 valence electrons. The van der Waals surface area contributed by atoms with E-state index in [4.69, 9.17) is 0 Å². The fourth-order valence-corrected chi connectivity index (χ4v) is 4.21. The van der Waals surface area contributed by atoms with Crippen LogP contribution in [0.15, 0.2) is 60.0 Å². The van der Waals surface area contributed by atoms with Crippen LogP contribution < -0.4 is 4.72 Å². The van der Waals surface area contributed by atoms with Gasteiger partial charge in [-0.3, -0.25) is 4.79 Å². The third-order valence-corrected chi connectivity index (χ3v) is 5.73. The van der Waals surface area contributed by atoms with Crippen molar-refractivity contribution in [1.82, 2.24) is 9.62 Å². The van der Waals surface area contributed by atoms with E-state index in [0.29, 0.717) is 18.7 Å². The Morgan fingerprint density at radius 1 is 1.11 bits per heavy atom. The molecule has 1 fully saturated rings. The van der Waals surface area contributed by atoms with Gasteiger partial charge in [0, 0.05) is 30.1 Å². The number of hydrogen-bond acceptors (Lipinski definition) is 3. The lowest BCUT2D eigenvalue weighted by atomic mass is 10.1. The Balaban J connectivity index is 1.62. The topological polar surface area (TPSA) is 66.5 Å². The van der Waals surface area contributed by atoms with Crippen molar-refractivity contribution in [2.45, 2.75) is 25.8 Å². The molecule has 0 saturated carbocycles. The highest BCUT2D eigenvalue weighted by atomic mass is 32.2. The van der Waals surface area contributed by atoms with Crippen LogP contribution in [-0.4, -0.2) is 38.4 Å². The molecule has 1 N–H and O–H groups in total. The number of nitrogens with zero attached hydrogens (tertiary/aromatic N) is 1. The Kier molecular flexibility index (Phi) is 6.08. The van der Waals surface area contributed by atoms with E-state index in [2.05, 4.69) is 4.72 Å². The predicted octanol–water partition coefficient (Wildman–Crippen LogP) is 3.19. The van der Waals surface area contributed by atoms with Crippen molar-refractivity contribution in [3.63, 3.8) is 0 Å². The molecule has 1 aliphatic heterocycles. The van der Waals surface area contributed by atoms with Gasteiger partial charge in [-0.05, 0) is 43.5 Å². The Bertz CT molecular complexity index is 906. The van der Waals surface area contributed by atoms with Gasteiger partial charge in [-0.1, -0.05) is 48.0 Å². The summed E-state index contributed by atoms with van der Waals surface area (Å²) < 4.78 is 27.5. The summed E-state index contributed by atoms with van der Waals surface area (Å²) in [4.78, 5) is 14.3. The van der Waals surface area contributed by atoms with E-state index in [1.54, 1.807) is 23.1 Å². The monoisotopic (exact) mass is 384 g/mol. The predicted molar refractivity (Wildman–Crippen MR) is 108 cm³/mol. The molecule has 1 atom stereocenters. The van der Waals surface area contributed by atoms with Crippen LogP contribution in [0.1, 0.15) is 34.3 Å². The molecular formula is C21H24N2O3S. The Morgan fingerprint density at radius 2 is 1.81 bits per heavy atom. The van der Waals surface area contributed by atoms with Gasteiger partial charge in [0.2, 0.25) is 10.0 Å². The van der Waals surface area contributed by atoms with Gasteiger partial charge in [0.25, 0.3) is 5.91 Å². The zero-order valence-electron chi connectivity index (χ0n) is 15.3. The number of carbonyl (C=O) groups excluding carboxylic acids is 1. The molecule has 1 unspecified atom stereocenters. The van der Waals surface area contributed by atoms with Crippen LogP contribution in [0.5, 0.6) is 0 Å². The Morgan fingerprint density at radius 3 is 2.52 bits per heavy atom. The third kappa shape index (κ3) is 5.52. The Hall–Kier alpha value is -2.44. The maximum atomic E-state index is 12.6. The van der Waals surface area contributed by atoms with E-state index in [9.17, 15) is 13.2 Å². The highest BCUT2D eigenvalue weighted by molar-refractivity contribution is 7.92. The standard InChI is InChI=1S/C21H24N2O3S/c1-17-9-11-18(12-10-17)13-15-27(25,26)22-20-8-5-14-23(16-20)21(24)19-6-3-2-4-7-19/h2-4,6-7,9-13,15,20,22H,5,8,14,16H2,1H3/b15-13+. The van der Waals surface area contributed by atoms with E-state index >= 15 is 0 Å². The molecule has 5 nitrogen and oxygen atoms in total. The molecule has 3 rings (SSSR count). The van der Waals surface area contributed by atoms with Crippen molar-refractivity contribution < 1.29 is 13.2 Å². The first-order chi connectivity index (χ1) is 12.9. The van der Waals surface area contributed by atoms with Crippen LogP contribution in [0.25, 0.3) is 6.08 Å². The smallest absolute Gasteiger partial charge is 0.253 e. The lowest BCUT2D eigenvalue weighted by Crippen LogP contribution is -2.49. The van der Waals surface area contributed by atoms with Gasteiger partial charge < -0.3 is 4.90 Å². The number of likely N-dealkylation sites (tertiary alicyclic amines) is 1. The Labute approximate surface area is 160 Å². The number of sulfonamides is 1. The first kappa shape index (κ1) is 19.3. The molecule has 6 heteroatoms. The summed E-state index contributed by atoms with van der Waals surface area (Å²) in [5.74, 6) is -0.0605. The summed E-state index contributed by atoms with van der Waals surface area (Å²) in [5, 5.41) is 1.19. The minimum atomic E-state index is -3.57. The highest BCUT2D eigenvalue weighted by Gasteiger charge is 2.26. The van der Waals surface area contributed by atoms with Gasteiger partial charge in [-0.15, -0.1) is 0 Å². The molecule has 0 bridgehead atoms. The summed E-state index contributed by atoms with van der Waals surface area (Å²) in [7, 11) is -3.57. The SMILES string of the molecule is Cc1ccc(/C=C/S(=O)(=O)NC2CCCN(C(=O)c3ccccc3)C2)cc1. The second kappa shape index (κ2) is 8.50. The molecule has 0 spiro atoms. The summed E-state index contributed by atoms with van der Waals surface area (Å²) in [6.45, 7) is 3.01. The minimum absolute atomic E-state index is 0.0605. The van der Waals surface area contributed by atoms with Crippen LogP contribution >= 0.6 is 0 Å². The second-order valence-electron chi connectivity index (χ2n) is 6.83. The van der Waals surface area contributed by atoms with Crippen molar-refractivity contribution in [2.75, 3.05) is 13.1 Å². The zero-order chi connectivity index (χ0) is 19.3.